The van der Waals surface area contributed by atoms with E-state index in [1.54, 1.807) is 0 Å². The molecule has 0 radical (unpaired) electrons. The molecule has 2 fully saturated rings. The number of fused-ring (bicyclic) bond motifs is 2. The smallest absolute Gasteiger partial charge is 0.311 e. The highest BCUT2D eigenvalue weighted by molar-refractivity contribution is 5.82. The summed E-state index contributed by atoms with van der Waals surface area (Å²) >= 11 is 0. The summed E-state index contributed by atoms with van der Waals surface area (Å²) in [6, 6.07) is 10.00. The normalized spacial score (nSPS) is 29.8. The Hall–Kier alpha value is -1.84. The van der Waals surface area contributed by atoms with Crippen molar-refractivity contribution >= 4 is 11.9 Å². The average molecular weight is 301 g/mol. The van der Waals surface area contributed by atoms with Crippen molar-refractivity contribution in [3.8, 4) is 0 Å². The molecule has 1 N–H and O–H groups in total. The Kier molecular flexibility index (Phi) is 3.94. The first kappa shape index (κ1) is 15.1. The lowest BCUT2D eigenvalue weighted by Gasteiger charge is -2.32. The van der Waals surface area contributed by atoms with Gasteiger partial charge in [-0.05, 0) is 37.7 Å². The van der Waals surface area contributed by atoms with Crippen molar-refractivity contribution in [1.82, 2.24) is 4.90 Å². The van der Waals surface area contributed by atoms with Crippen molar-refractivity contribution in [2.24, 2.45) is 5.41 Å². The third-order valence-corrected chi connectivity index (χ3v) is 5.56. The van der Waals surface area contributed by atoms with Crippen LogP contribution in [0.4, 0.5) is 0 Å². The quantitative estimate of drug-likeness (QED) is 0.910. The number of carboxylic acids is 1. The molecule has 3 atom stereocenters. The van der Waals surface area contributed by atoms with Gasteiger partial charge in [0.25, 0.3) is 0 Å². The van der Waals surface area contributed by atoms with Crippen LogP contribution in [0.5, 0.6) is 0 Å². The standard InChI is InChI=1S/C18H23NO3/c1-2-18(17(21)22)12-14-9-10-15(18)19(14)16(20)11-8-13-6-4-3-5-7-13/h3-7,14-15H,2,8-12H2,1H3,(H,21,22)/t14-,15+,18+/m0/s1. The van der Waals surface area contributed by atoms with E-state index in [4.69, 9.17) is 0 Å². The molecule has 4 nitrogen and oxygen atoms in total. The molecule has 2 aliphatic heterocycles. The number of rotatable bonds is 5. The number of amides is 1. The van der Waals surface area contributed by atoms with Crippen LogP contribution in [0, 0.1) is 5.41 Å². The molecule has 2 bridgehead atoms. The highest BCUT2D eigenvalue weighted by Gasteiger charge is 2.60. The van der Waals surface area contributed by atoms with Gasteiger partial charge in [-0.25, -0.2) is 0 Å². The number of hydrogen-bond donors (Lipinski definition) is 1. The number of aryl methyl sites for hydroxylation is 1. The molecule has 0 aliphatic carbocycles. The van der Waals surface area contributed by atoms with Gasteiger partial charge in [-0.15, -0.1) is 0 Å². The summed E-state index contributed by atoms with van der Waals surface area (Å²) in [6.45, 7) is 1.93. The van der Waals surface area contributed by atoms with E-state index in [2.05, 4.69) is 0 Å². The fourth-order valence-electron chi connectivity index (χ4n) is 4.35. The SMILES string of the molecule is CC[C@@]1(C(=O)O)C[C@@H]2CC[C@H]1N2C(=O)CCc1ccccc1. The van der Waals surface area contributed by atoms with Crippen molar-refractivity contribution in [3.63, 3.8) is 0 Å². The van der Waals surface area contributed by atoms with E-state index in [-0.39, 0.29) is 18.0 Å². The van der Waals surface area contributed by atoms with E-state index in [0.29, 0.717) is 19.3 Å². The summed E-state index contributed by atoms with van der Waals surface area (Å²) in [5.74, 6) is -0.615. The van der Waals surface area contributed by atoms with Gasteiger partial charge < -0.3 is 10.0 Å². The number of nitrogens with zero attached hydrogens (tertiary/aromatic N) is 1. The molecular weight excluding hydrogens is 278 g/mol. The van der Waals surface area contributed by atoms with E-state index >= 15 is 0 Å². The minimum absolute atomic E-state index is 0.108. The van der Waals surface area contributed by atoms with Crippen LogP contribution in [0.15, 0.2) is 30.3 Å². The molecule has 1 amide bonds. The van der Waals surface area contributed by atoms with Crippen LogP contribution < -0.4 is 0 Å². The molecule has 3 rings (SSSR count). The molecule has 1 aromatic rings. The van der Waals surface area contributed by atoms with Crippen molar-refractivity contribution < 1.29 is 14.7 Å². The second-order valence-corrected chi connectivity index (χ2v) is 6.55. The molecule has 2 aliphatic rings. The van der Waals surface area contributed by atoms with Gasteiger partial charge in [0, 0.05) is 18.5 Å². The number of carboxylic acid groups (broad SMARTS) is 1. The van der Waals surface area contributed by atoms with Gasteiger partial charge in [-0.1, -0.05) is 37.3 Å². The summed E-state index contributed by atoms with van der Waals surface area (Å²) in [6.07, 6.45) is 4.21. The second kappa shape index (κ2) is 5.75. The molecule has 0 spiro atoms. The van der Waals surface area contributed by atoms with Crippen LogP contribution in [-0.2, 0) is 16.0 Å². The lowest BCUT2D eigenvalue weighted by molar-refractivity contribution is -0.151. The Labute approximate surface area is 131 Å². The van der Waals surface area contributed by atoms with E-state index in [0.717, 1.165) is 24.8 Å². The van der Waals surface area contributed by atoms with Gasteiger partial charge in [0.1, 0.15) is 0 Å². The zero-order chi connectivity index (χ0) is 15.7. The Morgan fingerprint density at radius 1 is 1.27 bits per heavy atom. The van der Waals surface area contributed by atoms with E-state index in [1.807, 2.05) is 42.2 Å². The van der Waals surface area contributed by atoms with Gasteiger partial charge in [-0.2, -0.15) is 0 Å². The van der Waals surface area contributed by atoms with E-state index in [1.165, 1.54) is 0 Å². The van der Waals surface area contributed by atoms with Crippen LogP contribution in [0.25, 0.3) is 0 Å². The lowest BCUT2D eigenvalue weighted by Crippen LogP contribution is -2.44. The highest BCUT2D eigenvalue weighted by Crippen LogP contribution is 2.52. The number of benzene rings is 1. The van der Waals surface area contributed by atoms with E-state index in [9.17, 15) is 14.7 Å². The zero-order valence-electron chi connectivity index (χ0n) is 13.0. The van der Waals surface area contributed by atoms with Crippen LogP contribution in [0.2, 0.25) is 0 Å². The molecule has 1 aromatic carbocycles. The molecule has 22 heavy (non-hydrogen) atoms. The van der Waals surface area contributed by atoms with Crippen LogP contribution in [0.1, 0.15) is 44.6 Å². The first-order valence-corrected chi connectivity index (χ1v) is 8.17. The van der Waals surface area contributed by atoms with Crippen molar-refractivity contribution in [2.45, 2.75) is 57.5 Å². The second-order valence-electron chi connectivity index (χ2n) is 6.55. The van der Waals surface area contributed by atoms with Crippen LogP contribution >= 0.6 is 0 Å². The third kappa shape index (κ3) is 2.31. The number of carbonyl (C=O) groups is 2. The third-order valence-electron chi connectivity index (χ3n) is 5.56. The topological polar surface area (TPSA) is 57.6 Å². The highest BCUT2D eigenvalue weighted by atomic mass is 16.4. The maximum atomic E-state index is 12.6. The summed E-state index contributed by atoms with van der Waals surface area (Å²) < 4.78 is 0. The van der Waals surface area contributed by atoms with Crippen molar-refractivity contribution in [1.29, 1.82) is 0 Å². The van der Waals surface area contributed by atoms with Crippen LogP contribution in [-0.4, -0.2) is 34.0 Å². The van der Waals surface area contributed by atoms with Gasteiger partial charge >= 0.3 is 5.97 Å². The lowest BCUT2D eigenvalue weighted by atomic mass is 9.72. The fraction of sp³-hybridized carbons (Fsp3) is 0.556. The molecule has 2 saturated heterocycles. The monoisotopic (exact) mass is 301 g/mol. The van der Waals surface area contributed by atoms with Crippen molar-refractivity contribution in [2.75, 3.05) is 0 Å². The predicted octanol–water partition coefficient (Wildman–Crippen LogP) is 2.86. The number of hydrogen-bond acceptors (Lipinski definition) is 2. The summed E-state index contributed by atoms with van der Waals surface area (Å²) in [5.41, 5.74) is 0.438. The summed E-state index contributed by atoms with van der Waals surface area (Å²) in [4.78, 5) is 26.3. The average Bonchev–Trinajstić information content (AvgIpc) is 3.09. The van der Waals surface area contributed by atoms with Gasteiger partial charge in [0.15, 0.2) is 0 Å². The molecule has 0 aromatic heterocycles. The first-order valence-electron chi connectivity index (χ1n) is 8.17. The minimum Gasteiger partial charge on any atom is -0.481 e. The maximum absolute atomic E-state index is 12.6. The minimum atomic E-state index is -0.733. The number of aliphatic carboxylic acids is 1. The molecule has 2 heterocycles. The van der Waals surface area contributed by atoms with E-state index < -0.39 is 11.4 Å². The predicted molar refractivity (Wildman–Crippen MR) is 83.4 cm³/mol. The van der Waals surface area contributed by atoms with Crippen LogP contribution in [0.3, 0.4) is 0 Å². The molecule has 0 unspecified atom stereocenters. The molecule has 4 heteroatoms. The van der Waals surface area contributed by atoms with Gasteiger partial charge in [-0.3, -0.25) is 9.59 Å². The fourth-order valence-corrected chi connectivity index (χ4v) is 4.35. The number of carbonyl (C=O) groups excluding carboxylic acids is 1. The molecule has 118 valence electrons. The largest absolute Gasteiger partial charge is 0.481 e. The molecule has 0 saturated carbocycles. The Bertz CT molecular complexity index is 571. The zero-order valence-corrected chi connectivity index (χ0v) is 13.0. The Morgan fingerprint density at radius 3 is 2.59 bits per heavy atom. The Balaban J connectivity index is 1.70. The van der Waals surface area contributed by atoms with Gasteiger partial charge in [0.05, 0.1) is 5.41 Å². The summed E-state index contributed by atoms with van der Waals surface area (Å²) in [5, 5.41) is 9.66. The Morgan fingerprint density at radius 2 is 2.00 bits per heavy atom. The maximum Gasteiger partial charge on any atom is 0.311 e. The summed E-state index contributed by atoms with van der Waals surface area (Å²) in [7, 11) is 0. The molecular formula is C18H23NO3. The van der Waals surface area contributed by atoms with Crippen molar-refractivity contribution in [3.05, 3.63) is 35.9 Å². The first-order chi connectivity index (χ1) is 10.6. The van der Waals surface area contributed by atoms with Gasteiger partial charge in [0.2, 0.25) is 5.91 Å².